The molecule has 0 aliphatic carbocycles. The van der Waals surface area contributed by atoms with E-state index in [9.17, 15) is 4.79 Å². The van der Waals surface area contributed by atoms with E-state index in [1.165, 1.54) is 0 Å². The van der Waals surface area contributed by atoms with Crippen LogP contribution in [0, 0.1) is 5.92 Å². The van der Waals surface area contributed by atoms with E-state index in [2.05, 4.69) is 28.1 Å². The minimum atomic E-state index is 0. The van der Waals surface area contributed by atoms with Gasteiger partial charge in [-0.1, -0.05) is 19.1 Å². The predicted molar refractivity (Wildman–Crippen MR) is 74.0 cm³/mol. The van der Waals surface area contributed by atoms with Crippen LogP contribution in [0.15, 0.2) is 24.3 Å². The molecular weight excluding hydrogens is 353 g/mol. The molecule has 1 unspecified atom stereocenters. The molecule has 0 saturated heterocycles. The van der Waals surface area contributed by atoms with E-state index in [1.807, 2.05) is 24.3 Å². The van der Waals surface area contributed by atoms with Crippen molar-refractivity contribution in [3.05, 3.63) is 29.8 Å². The number of nitrogens with zero attached hydrogens (tertiary/aromatic N) is 1. The van der Waals surface area contributed by atoms with Crippen LogP contribution in [0.1, 0.15) is 23.7 Å². The molecule has 0 radical (unpaired) electrons. The van der Waals surface area contributed by atoms with Crippen molar-refractivity contribution in [3.63, 3.8) is 0 Å². The van der Waals surface area contributed by atoms with Gasteiger partial charge in [-0.3, -0.25) is 4.79 Å². The number of hydrogen-bond donors (Lipinski definition) is 0. The van der Waals surface area contributed by atoms with Crippen LogP contribution in [0.4, 0.5) is 0 Å². The Bertz CT molecular complexity index is 413. The second kappa shape index (κ2) is 7.85. The van der Waals surface area contributed by atoms with Crippen LogP contribution in [0.2, 0.25) is 0 Å². The maximum absolute atomic E-state index is 12.5. The summed E-state index contributed by atoms with van der Waals surface area (Å²) in [4.78, 5) is 12.5. The van der Waals surface area contributed by atoms with Gasteiger partial charge in [-0.2, -0.15) is 0 Å². The molecule has 0 heterocycles. The molecule has 0 aliphatic rings. The molecule has 0 spiro atoms. The standard InChI is InChI=1S/C15H24NO2.HI/c1-6-12(11-16(2,3)4)15(17)13-9-7-8-10-14(13)18-5;/h7-10,12H,6,11H2,1-5H3;1H/q+1;/p-1. The summed E-state index contributed by atoms with van der Waals surface area (Å²) in [5, 5.41) is 0. The Hall–Kier alpha value is -0.620. The van der Waals surface area contributed by atoms with Crippen molar-refractivity contribution in [2.45, 2.75) is 13.3 Å². The first-order valence-electron chi connectivity index (χ1n) is 6.36. The van der Waals surface area contributed by atoms with Gasteiger partial charge in [0.2, 0.25) is 0 Å². The molecular formula is C15H24INO2. The molecule has 1 aromatic rings. The number of rotatable bonds is 6. The summed E-state index contributed by atoms with van der Waals surface area (Å²) >= 11 is 0. The van der Waals surface area contributed by atoms with E-state index in [4.69, 9.17) is 4.74 Å². The average molecular weight is 377 g/mol. The van der Waals surface area contributed by atoms with E-state index in [0.29, 0.717) is 11.3 Å². The highest BCUT2D eigenvalue weighted by Crippen LogP contribution is 2.23. The molecule has 0 aromatic heterocycles. The summed E-state index contributed by atoms with van der Waals surface area (Å²) in [6, 6.07) is 7.45. The Morgan fingerprint density at radius 3 is 2.32 bits per heavy atom. The van der Waals surface area contributed by atoms with E-state index in [1.54, 1.807) is 7.11 Å². The largest absolute Gasteiger partial charge is 1.00 e. The Balaban J connectivity index is 0.00000324. The number of carbonyl (C=O) groups excluding carboxylic acids is 1. The number of Topliss-reactive ketones (excluding diaryl/α,β-unsaturated/α-hetero) is 1. The zero-order valence-electron chi connectivity index (χ0n) is 12.4. The van der Waals surface area contributed by atoms with E-state index in [0.717, 1.165) is 17.4 Å². The Morgan fingerprint density at radius 2 is 1.84 bits per heavy atom. The average Bonchev–Trinajstić information content (AvgIpc) is 2.34. The van der Waals surface area contributed by atoms with Crippen LogP contribution in [0.5, 0.6) is 5.75 Å². The molecule has 1 rings (SSSR count). The summed E-state index contributed by atoms with van der Waals surface area (Å²) in [6.07, 6.45) is 0.854. The molecule has 0 fully saturated rings. The molecule has 1 aromatic carbocycles. The first-order chi connectivity index (χ1) is 8.39. The Kier molecular flexibility index (Phi) is 7.59. The first kappa shape index (κ1) is 18.4. The van der Waals surface area contributed by atoms with Crippen molar-refractivity contribution in [2.75, 3.05) is 34.8 Å². The molecule has 0 bridgehead atoms. The number of hydrogen-bond acceptors (Lipinski definition) is 2. The van der Waals surface area contributed by atoms with Crippen molar-refractivity contribution in [1.29, 1.82) is 0 Å². The number of para-hydroxylation sites is 1. The summed E-state index contributed by atoms with van der Waals surface area (Å²) in [6.45, 7) is 2.90. The molecule has 0 aliphatic heterocycles. The van der Waals surface area contributed by atoms with Gasteiger partial charge in [0.1, 0.15) is 5.75 Å². The molecule has 1 atom stereocenters. The third-order valence-corrected chi connectivity index (χ3v) is 3.00. The molecule has 4 heteroatoms. The van der Waals surface area contributed by atoms with Gasteiger partial charge >= 0.3 is 0 Å². The number of ether oxygens (including phenoxy) is 1. The summed E-state index contributed by atoms with van der Waals surface area (Å²) in [5.74, 6) is 0.895. The lowest BCUT2D eigenvalue weighted by atomic mass is 9.94. The summed E-state index contributed by atoms with van der Waals surface area (Å²) in [5.41, 5.74) is 0.695. The van der Waals surface area contributed by atoms with Gasteiger partial charge in [-0.25, -0.2) is 0 Å². The minimum absolute atomic E-state index is 0. The zero-order valence-corrected chi connectivity index (χ0v) is 14.6. The topological polar surface area (TPSA) is 26.3 Å². The van der Waals surface area contributed by atoms with Crippen molar-refractivity contribution >= 4 is 5.78 Å². The lowest BCUT2D eigenvalue weighted by molar-refractivity contribution is -0.872. The second-order valence-electron chi connectivity index (χ2n) is 5.64. The lowest BCUT2D eigenvalue weighted by Crippen LogP contribution is -3.00. The number of ketones is 1. The summed E-state index contributed by atoms with van der Waals surface area (Å²) in [7, 11) is 7.93. The van der Waals surface area contributed by atoms with Gasteiger partial charge in [0.15, 0.2) is 5.78 Å². The van der Waals surface area contributed by atoms with E-state index >= 15 is 0 Å². The van der Waals surface area contributed by atoms with Gasteiger partial charge in [-0.05, 0) is 18.6 Å². The van der Waals surface area contributed by atoms with Crippen LogP contribution >= 0.6 is 0 Å². The monoisotopic (exact) mass is 377 g/mol. The van der Waals surface area contributed by atoms with E-state index < -0.39 is 0 Å². The van der Waals surface area contributed by atoms with Crippen LogP contribution in [0.3, 0.4) is 0 Å². The molecule has 0 amide bonds. The zero-order chi connectivity index (χ0) is 13.8. The quantitative estimate of drug-likeness (QED) is 0.384. The van der Waals surface area contributed by atoms with Crippen LogP contribution < -0.4 is 28.7 Å². The van der Waals surface area contributed by atoms with Crippen molar-refractivity contribution in [2.24, 2.45) is 5.92 Å². The van der Waals surface area contributed by atoms with Gasteiger partial charge in [0.25, 0.3) is 0 Å². The van der Waals surface area contributed by atoms with E-state index in [-0.39, 0.29) is 35.7 Å². The summed E-state index contributed by atoms with van der Waals surface area (Å²) < 4.78 is 6.06. The van der Waals surface area contributed by atoms with Gasteiger partial charge in [-0.15, -0.1) is 0 Å². The predicted octanol–water partition coefficient (Wildman–Crippen LogP) is -0.386. The Morgan fingerprint density at radius 1 is 1.26 bits per heavy atom. The normalized spacial score (nSPS) is 12.5. The maximum atomic E-state index is 12.5. The highest BCUT2D eigenvalue weighted by atomic mass is 127. The van der Waals surface area contributed by atoms with Crippen molar-refractivity contribution in [3.8, 4) is 5.75 Å². The smallest absolute Gasteiger partial charge is 0.175 e. The van der Waals surface area contributed by atoms with Crippen LogP contribution in [-0.4, -0.2) is 45.1 Å². The third kappa shape index (κ3) is 5.48. The molecule has 0 N–H and O–H groups in total. The molecule has 0 saturated carbocycles. The minimum Gasteiger partial charge on any atom is -1.00 e. The second-order valence-corrected chi connectivity index (χ2v) is 5.64. The SMILES string of the molecule is CCC(C[N+](C)(C)C)C(=O)c1ccccc1OC.[I-]. The number of methoxy groups -OCH3 is 1. The fourth-order valence-corrected chi connectivity index (χ4v) is 2.13. The van der Waals surface area contributed by atoms with Gasteiger partial charge in [0, 0.05) is 0 Å². The van der Waals surface area contributed by atoms with Gasteiger partial charge < -0.3 is 33.2 Å². The third-order valence-electron chi connectivity index (χ3n) is 3.00. The fraction of sp³-hybridized carbons (Fsp3) is 0.533. The number of halogens is 1. The molecule has 3 nitrogen and oxygen atoms in total. The van der Waals surface area contributed by atoms with Crippen LogP contribution in [-0.2, 0) is 0 Å². The fourth-order valence-electron chi connectivity index (χ4n) is 2.13. The number of carbonyl (C=O) groups is 1. The number of benzene rings is 1. The highest BCUT2D eigenvalue weighted by molar-refractivity contribution is 6.00. The number of quaternary nitrogens is 1. The molecule has 19 heavy (non-hydrogen) atoms. The molecule has 108 valence electrons. The Labute approximate surface area is 133 Å². The highest BCUT2D eigenvalue weighted by Gasteiger charge is 2.26. The lowest BCUT2D eigenvalue weighted by Gasteiger charge is -2.28. The van der Waals surface area contributed by atoms with Crippen LogP contribution in [0.25, 0.3) is 0 Å². The first-order valence-corrected chi connectivity index (χ1v) is 6.36. The van der Waals surface area contributed by atoms with Crippen molar-refractivity contribution < 1.29 is 38.0 Å². The van der Waals surface area contributed by atoms with Crippen molar-refractivity contribution in [1.82, 2.24) is 0 Å². The maximum Gasteiger partial charge on any atom is 0.175 e. The van der Waals surface area contributed by atoms with Gasteiger partial charge in [0.05, 0.1) is 46.3 Å².